The topological polar surface area (TPSA) is 71.6 Å². The van der Waals surface area contributed by atoms with Gasteiger partial charge in [-0.3, -0.25) is 9.59 Å². The Morgan fingerprint density at radius 3 is 2.76 bits per heavy atom. The van der Waals surface area contributed by atoms with Crippen molar-refractivity contribution in [3.8, 4) is 0 Å². The number of rotatable bonds is 4. The second-order valence-corrected chi connectivity index (χ2v) is 5.55. The van der Waals surface area contributed by atoms with Crippen LogP contribution in [0.2, 0.25) is 0 Å². The summed E-state index contributed by atoms with van der Waals surface area (Å²) in [6.07, 6.45) is 3.61. The van der Waals surface area contributed by atoms with Crippen molar-refractivity contribution >= 4 is 11.6 Å². The minimum atomic E-state index is -0.0113. The number of amides is 1. The Morgan fingerprint density at radius 1 is 1.19 bits per heavy atom. The quantitative estimate of drug-likeness (QED) is 0.870. The molecule has 0 atom stereocenters. The largest absolute Gasteiger partial charge is 0.398 e. The average Bonchev–Trinajstić information content (AvgIpc) is 2.68. The minimum absolute atomic E-state index is 0.0113. The number of carbonyl (C=O) groups is 1. The van der Waals surface area contributed by atoms with E-state index in [2.05, 4.69) is 4.90 Å². The first-order valence-corrected chi connectivity index (χ1v) is 7.50. The molecule has 0 spiro atoms. The first-order valence-electron chi connectivity index (χ1n) is 7.50. The molecule has 21 heavy (non-hydrogen) atoms. The minimum Gasteiger partial charge on any atom is -0.398 e. The van der Waals surface area contributed by atoms with Gasteiger partial charge in [-0.05, 0) is 32.0 Å². The molecule has 2 heterocycles. The molecule has 1 aliphatic rings. The molecule has 1 aromatic rings. The van der Waals surface area contributed by atoms with Crippen molar-refractivity contribution in [1.29, 1.82) is 0 Å². The summed E-state index contributed by atoms with van der Waals surface area (Å²) < 4.78 is 1.66. The van der Waals surface area contributed by atoms with Crippen molar-refractivity contribution in [3.63, 3.8) is 0 Å². The van der Waals surface area contributed by atoms with Crippen LogP contribution >= 0.6 is 0 Å². The molecule has 1 aliphatic heterocycles. The summed E-state index contributed by atoms with van der Waals surface area (Å²) in [5.74, 6) is 0.156. The van der Waals surface area contributed by atoms with Gasteiger partial charge in [0.1, 0.15) is 0 Å². The molecule has 6 nitrogen and oxygen atoms in total. The van der Waals surface area contributed by atoms with Gasteiger partial charge in [-0.2, -0.15) is 0 Å². The van der Waals surface area contributed by atoms with Gasteiger partial charge < -0.3 is 20.1 Å². The number of aromatic nitrogens is 1. The zero-order valence-corrected chi connectivity index (χ0v) is 12.6. The zero-order valence-electron chi connectivity index (χ0n) is 12.6. The maximum atomic E-state index is 11.7. The first-order chi connectivity index (χ1) is 10.1. The third kappa shape index (κ3) is 4.60. The molecule has 2 N–H and O–H groups in total. The van der Waals surface area contributed by atoms with E-state index < -0.39 is 0 Å². The van der Waals surface area contributed by atoms with E-state index in [-0.39, 0.29) is 11.5 Å². The van der Waals surface area contributed by atoms with E-state index in [1.54, 1.807) is 23.8 Å². The predicted molar refractivity (Wildman–Crippen MR) is 83.0 cm³/mol. The Morgan fingerprint density at radius 2 is 2.00 bits per heavy atom. The Balaban J connectivity index is 1.79. The lowest BCUT2D eigenvalue weighted by molar-refractivity contribution is -0.128. The van der Waals surface area contributed by atoms with Gasteiger partial charge in [-0.25, -0.2) is 0 Å². The lowest BCUT2D eigenvalue weighted by Crippen LogP contribution is -2.34. The van der Waals surface area contributed by atoms with Gasteiger partial charge in [0.25, 0.3) is 5.56 Å². The molecule has 116 valence electrons. The average molecular weight is 292 g/mol. The van der Waals surface area contributed by atoms with Crippen LogP contribution in [0.3, 0.4) is 0 Å². The van der Waals surface area contributed by atoms with Gasteiger partial charge in [0.05, 0.1) is 0 Å². The van der Waals surface area contributed by atoms with Crippen LogP contribution in [-0.4, -0.2) is 53.0 Å². The molecule has 0 unspecified atom stereocenters. The number of pyridine rings is 1. The van der Waals surface area contributed by atoms with Crippen LogP contribution in [0.4, 0.5) is 5.69 Å². The van der Waals surface area contributed by atoms with E-state index >= 15 is 0 Å². The summed E-state index contributed by atoms with van der Waals surface area (Å²) in [5.41, 5.74) is 6.30. The smallest absolute Gasteiger partial charge is 0.250 e. The van der Waals surface area contributed by atoms with Crippen LogP contribution in [0.5, 0.6) is 0 Å². The van der Waals surface area contributed by atoms with Crippen LogP contribution in [0.25, 0.3) is 0 Å². The van der Waals surface area contributed by atoms with Crippen molar-refractivity contribution in [2.24, 2.45) is 0 Å². The number of anilines is 1. The van der Waals surface area contributed by atoms with Gasteiger partial charge >= 0.3 is 0 Å². The highest BCUT2D eigenvalue weighted by atomic mass is 16.2. The second-order valence-electron chi connectivity index (χ2n) is 5.55. The standard InChI is InChI=1S/C15H24N4O2/c1-13(20)18-8-2-6-17(10-11-18)7-3-9-19-12-14(16)4-5-15(19)21/h4-5,12H,2-3,6-11,16H2,1H3. The molecule has 6 heteroatoms. The fraction of sp³-hybridized carbons (Fsp3) is 0.600. The van der Waals surface area contributed by atoms with Gasteiger partial charge in [0, 0.05) is 51.1 Å². The first kappa shape index (κ1) is 15.6. The lowest BCUT2D eigenvalue weighted by Gasteiger charge is -2.21. The molecule has 0 aromatic carbocycles. The molecule has 0 aliphatic carbocycles. The van der Waals surface area contributed by atoms with E-state index in [9.17, 15) is 9.59 Å². The molecule has 1 aromatic heterocycles. The van der Waals surface area contributed by atoms with Gasteiger partial charge in [-0.1, -0.05) is 0 Å². The number of nitrogens with two attached hydrogens (primary N) is 1. The molecular weight excluding hydrogens is 268 g/mol. The Bertz CT molecular complexity index is 541. The highest BCUT2D eigenvalue weighted by Gasteiger charge is 2.15. The highest BCUT2D eigenvalue weighted by molar-refractivity contribution is 5.73. The van der Waals surface area contributed by atoms with E-state index in [1.807, 2.05) is 4.90 Å². The maximum Gasteiger partial charge on any atom is 0.250 e. The van der Waals surface area contributed by atoms with E-state index in [0.29, 0.717) is 12.2 Å². The van der Waals surface area contributed by atoms with Crippen LogP contribution < -0.4 is 11.3 Å². The number of hydrogen-bond acceptors (Lipinski definition) is 4. The maximum absolute atomic E-state index is 11.7. The molecule has 1 amide bonds. The summed E-state index contributed by atoms with van der Waals surface area (Å²) in [5, 5.41) is 0. The molecule has 2 rings (SSSR count). The van der Waals surface area contributed by atoms with Crippen molar-refractivity contribution in [2.75, 3.05) is 38.5 Å². The molecule has 0 bridgehead atoms. The van der Waals surface area contributed by atoms with E-state index in [4.69, 9.17) is 5.73 Å². The van der Waals surface area contributed by atoms with Crippen LogP contribution in [-0.2, 0) is 11.3 Å². The summed E-state index contributed by atoms with van der Waals surface area (Å²) in [6.45, 7) is 6.81. The Kier molecular flexibility index (Phi) is 5.38. The molecule has 1 fully saturated rings. The normalized spacial score (nSPS) is 16.7. The monoisotopic (exact) mass is 292 g/mol. The SMILES string of the molecule is CC(=O)N1CCCN(CCCn2cc(N)ccc2=O)CC1. The van der Waals surface area contributed by atoms with Crippen LogP contribution in [0, 0.1) is 0 Å². The molecule has 0 radical (unpaired) electrons. The third-order valence-corrected chi connectivity index (χ3v) is 3.91. The summed E-state index contributed by atoms with van der Waals surface area (Å²) in [7, 11) is 0. The van der Waals surface area contributed by atoms with E-state index in [0.717, 1.165) is 45.6 Å². The van der Waals surface area contributed by atoms with E-state index in [1.165, 1.54) is 6.07 Å². The second kappa shape index (κ2) is 7.26. The Labute approximate surface area is 125 Å². The number of carbonyl (C=O) groups excluding carboxylic acids is 1. The third-order valence-electron chi connectivity index (χ3n) is 3.91. The molecule has 0 saturated carbocycles. The predicted octanol–water partition coefficient (Wildman–Crippen LogP) is 0.375. The van der Waals surface area contributed by atoms with Crippen LogP contribution in [0.1, 0.15) is 19.8 Å². The summed E-state index contributed by atoms with van der Waals surface area (Å²) in [6, 6.07) is 3.13. The number of nitrogen functional groups attached to an aromatic ring is 1. The summed E-state index contributed by atoms with van der Waals surface area (Å²) in [4.78, 5) is 27.3. The number of hydrogen-bond donors (Lipinski definition) is 1. The molecule has 1 saturated heterocycles. The number of aryl methyl sites for hydroxylation is 1. The zero-order chi connectivity index (χ0) is 15.2. The van der Waals surface area contributed by atoms with Crippen molar-refractivity contribution < 1.29 is 4.79 Å². The van der Waals surface area contributed by atoms with Crippen molar-refractivity contribution in [1.82, 2.24) is 14.4 Å². The molecular formula is C15H24N4O2. The fourth-order valence-electron chi connectivity index (χ4n) is 2.70. The van der Waals surface area contributed by atoms with Gasteiger partial charge in [0.2, 0.25) is 5.91 Å². The lowest BCUT2D eigenvalue weighted by atomic mass is 10.3. The fourth-order valence-corrected chi connectivity index (χ4v) is 2.70. The number of nitrogens with zero attached hydrogens (tertiary/aromatic N) is 3. The Hall–Kier alpha value is -1.82. The highest BCUT2D eigenvalue weighted by Crippen LogP contribution is 2.05. The van der Waals surface area contributed by atoms with Crippen molar-refractivity contribution in [3.05, 3.63) is 28.7 Å². The van der Waals surface area contributed by atoms with Gasteiger partial charge in [-0.15, -0.1) is 0 Å². The van der Waals surface area contributed by atoms with Crippen molar-refractivity contribution in [2.45, 2.75) is 26.3 Å². The van der Waals surface area contributed by atoms with Crippen LogP contribution in [0.15, 0.2) is 23.1 Å². The van der Waals surface area contributed by atoms with Gasteiger partial charge in [0.15, 0.2) is 0 Å². The summed E-state index contributed by atoms with van der Waals surface area (Å²) >= 11 is 0.